The molecule has 3 aliphatic heterocycles. The summed E-state index contributed by atoms with van der Waals surface area (Å²) < 4.78 is 12.7. The zero-order valence-corrected chi connectivity index (χ0v) is 36.0. The highest BCUT2D eigenvalue weighted by Gasteiger charge is 2.66. The first-order valence-corrected chi connectivity index (χ1v) is 24.2. The summed E-state index contributed by atoms with van der Waals surface area (Å²) in [5.41, 5.74) is 3.84. The second-order valence-corrected chi connectivity index (χ2v) is 20.7. The monoisotopic (exact) mass is 834 g/mol. The van der Waals surface area contributed by atoms with Crippen molar-refractivity contribution in [1.82, 2.24) is 10.2 Å². The molecule has 1 unspecified atom stereocenters. The maximum absolute atomic E-state index is 15.0. The fourth-order valence-corrected chi connectivity index (χ4v) is 12.1. The van der Waals surface area contributed by atoms with Gasteiger partial charge in [0, 0.05) is 42.4 Å². The van der Waals surface area contributed by atoms with Gasteiger partial charge in [-0.05, 0) is 98.9 Å². The summed E-state index contributed by atoms with van der Waals surface area (Å²) in [7, 11) is -3.03. The van der Waals surface area contributed by atoms with Crippen molar-refractivity contribution in [2.45, 2.75) is 89.0 Å². The van der Waals surface area contributed by atoms with E-state index in [1.165, 1.54) is 0 Å². The Morgan fingerprint density at radius 1 is 0.933 bits per heavy atom. The van der Waals surface area contributed by atoms with Gasteiger partial charge in [-0.3, -0.25) is 19.3 Å². The predicted octanol–water partition coefficient (Wildman–Crippen LogP) is 5.79. The molecular weight excluding hydrogens is 777 g/mol. The number of fused-ring (bicyclic) bond motifs is 3. The number of hydrogen-bond donors (Lipinski definition) is 4. The first kappa shape index (κ1) is 43.2. The van der Waals surface area contributed by atoms with Gasteiger partial charge in [0.15, 0.2) is 13.9 Å². The number of rotatable bonds is 17. The SMILES string of the molecule is CCOc1ccc2c(c1)CC(NCCCCO)C(=O)N2c1ccc(CN2C(=O)[C@]3(O[C@H](CC(=O)N(CCO)Cc4ccccc4)[C@@H]([Si](C)(C)O)[C@@H]3C)c3ccccc32)cc1. The van der Waals surface area contributed by atoms with Crippen LogP contribution in [0.5, 0.6) is 5.75 Å². The third-order valence-corrected chi connectivity index (χ3v) is 14.8. The summed E-state index contributed by atoms with van der Waals surface area (Å²) in [5, 5.41) is 22.6. The predicted molar refractivity (Wildman–Crippen MR) is 233 cm³/mol. The Morgan fingerprint density at radius 3 is 2.37 bits per heavy atom. The summed E-state index contributed by atoms with van der Waals surface area (Å²) in [6, 6.07) is 30.2. The number of amides is 3. The standard InChI is InChI=1S/C47H58N4O8Si/c1-5-58-37-21-22-40-35(27-37)28-39(48-23-11-12-25-52)45(55)51(40)36-19-17-34(18-20-36)31-50-41-16-10-9-15-38(41)47(46(50)56)32(2)44(60(3,4)57)42(59-47)29-43(54)49(24-26-53)30-33-13-7-6-8-14-33/h6-10,13-22,27,32,39,42,44,48,52-53,57H,5,11-12,23-26,28-31H2,1-4H3/t32-,39?,42+,44-,47+/m0/s1. The quantitative estimate of drug-likeness (QED) is 0.0766. The summed E-state index contributed by atoms with van der Waals surface area (Å²) >= 11 is 0. The summed E-state index contributed by atoms with van der Waals surface area (Å²) in [4.78, 5) is 60.0. The van der Waals surface area contributed by atoms with E-state index in [1.807, 2.05) is 124 Å². The van der Waals surface area contributed by atoms with E-state index in [0.29, 0.717) is 49.5 Å². The maximum Gasteiger partial charge on any atom is 0.264 e. The van der Waals surface area contributed by atoms with Gasteiger partial charge in [0.1, 0.15) is 5.75 Å². The van der Waals surface area contributed by atoms with Crippen LogP contribution < -0.4 is 19.9 Å². The fourth-order valence-electron chi connectivity index (χ4n) is 9.56. The Morgan fingerprint density at radius 2 is 1.67 bits per heavy atom. The van der Waals surface area contributed by atoms with Crippen LogP contribution in [0.4, 0.5) is 17.1 Å². The number of anilines is 3. The van der Waals surface area contributed by atoms with Crippen LogP contribution in [0.2, 0.25) is 18.6 Å². The van der Waals surface area contributed by atoms with Gasteiger partial charge in [-0.15, -0.1) is 0 Å². The number of carbonyl (C=O) groups excluding carboxylic acids is 3. The number of nitrogens with zero attached hydrogens (tertiary/aromatic N) is 3. The number of hydrogen-bond acceptors (Lipinski definition) is 9. The van der Waals surface area contributed by atoms with Crippen molar-refractivity contribution >= 4 is 43.1 Å². The van der Waals surface area contributed by atoms with Gasteiger partial charge in [-0.2, -0.15) is 0 Å². The molecule has 0 aromatic heterocycles. The Labute approximate surface area is 353 Å². The van der Waals surface area contributed by atoms with Crippen LogP contribution in [0.1, 0.15) is 55.4 Å². The molecule has 3 heterocycles. The zero-order valence-electron chi connectivity index (χ0n) is 35.0. The Hall–Kier alpha value is -4.89. The molecule has 318 valence electrons. The summed E-state index contributed by atoms with van der Waals surface area (Å²) in [6.45, 7) is 9.33. The first-order chi connectivity index (χ1) is 28.9. The van der Waals surface area contributed by atoms with Gasteiger partial charge in [-0.1, -0.05) is 67.6 Å². The van der Waals surface area contributed by atoms with Gasteiger partial charge in [0.05, 0.1) is 49.7 Å². The van der Waals surface area contributed by atoms with E-state index >= 15 is 4.79 Å². The van der Waals surface area contributed by atoms with Crippen LogP contribution in [-0.2, 0) is 44.2 Å². The largest absolute Gasteiger partial charge is 0.494 e. The van der Waals surface area contributed by atoms with Crippen molar-refractivity contribution in [3.05, 3.63) is 119 Å². The van der Waals surface area contributed by atoms with Crippen LogP contribution in [0.25, 0.3) is 0 Å². The fraction of sp³-hybridized carbons (Fsp3) is 0.426. The molecule has 3 amide bonds. The highest BCUT2D eigenvalue weighted by molar-refractivity contribution is 6.71. The summed E-state index contributed by atoms with van der Waals surface area (Å²) in [6.07, 6.45) is 1.15. The van der Waals surface area contributed by atoms with E-state index in [2.05, 4.69) is 5.32 Å². The molecule has 0 saturated carbocycles. The first-order valence-electron chi connectivity index (χ1n) is 21.2. The van der Waals surface area contributed by atoms with Gasteiger partial charge >= 0.3 is 0 Å². The van der Waals surface area contributed by atoms with E-state index < -0.39 is 37.5 Å². The number of para-hydroxylation sites is 1. The van der Waals surface area contributed by atoms with Crippen molar-refractivity contribution in [2.24, 2.45) is 5.92 Å². The second-order valence-electron chi connectivity index (χ2n) is 16.7. The highest BCUT2D eigenvalue weighted by Crippen LogP contribution is 2.59. The minimum absolute atomic E-state index is 0.0399. The molecule has 4 N–H and O–H groups in total. The average Bonchev–Trinajstić information content (AvgIpc) is 3.66. The highest BCUT2D eigenvalue weighted by atomic mass is 28.4. The van der Waals surface area contributed by atoms with Crippen LogP contribution in [0.3, 0.4) is 0 Å². The zero-order chi connectivity index (χ0) is 42.6. The Bertz CT molecular complexity index is 2150. The smallest absolute Gasteiger partial charge is 0.264 e. The Kier molecular flexibility index (Phi) is 13.2. The van der Waals surface area contributed by atoms with E-state index in [-0.39, 0.29) is 50.4 Å². The van der Waals surface area contributed by atoms with Crippen LogP contribution in [0, 0.1) is 5.92 Å². The Balaban J connectivity index is 1.15. The molecule has 4 aromatic carbocycles. The number of nitrogens with one attached hydrogen (secondary N) is 1. The van der Waals surface area contributed by atoms with Crippen LogP contribution in [0.15, 0.2) is 97.1 Å². The molecule has 1 fully saturated rings. The number of ether oxygens (including phenoxy) is 2. The third kappa shape index (κ3) is 8.52. The third-order valence-electron chi connectivity index (χ3n) is 12.3. The molecule has 0 radical (unpaired) electrons. The van der Waals surface area contributed by atoms with Gasteiger partial charge in [0.25, 0.3) is 5.91 Å². The molecule has 13 heteroatoms. The van der Waals surface area contributed by atoms with Crippen molar-refractivity contribution in [3.63, 3.8) is 0 Å². The van der Waals surface area contributed by atoms with Crippen molar-refractivity contribution in [3.8, 4) is 5.75 Å². The lowest BCUT2D eigenvalue weighted by atomic mass is 9.82. The number of benzene rings is 4. The topological polar surface area (TPSA) is 152 Å². The van der Waals surface area contributed by atoms with Gasteiger partial charge in [0.2, 0.25) is 11.8 Å². The molecule has 0 aliphatic carbocycles. The molecule has 12 nitrogen and oxygen atoms in total. The number of aliphatic hydroxyl groups is 2. The molecular formula is C47H58N4O8Si. The number of carbonyl (C=O) groups is 3. The molecule has 7 rings (SSSR count). The number of unbranched alkanes of at least 4 members (excludes halogenated alkanes) is 1. The van der Waals surface area contributed by atoms with E-state index in [1.54, 1.807) is 14.7 Å². The van der Waals surface area contributed by atoms with Gasteiger partial charge < -0.3 is 39.6 Å². The maximum atomic E-state index is 15.0. The molecule has 5 atom stereocenters. The lowest BCUT2D eigenvalue weighted by Gasteiger charge is -2.35. The normalized spacial score (nSPS) is 22.3. The second kappa shape index (κ2) is 18.4. The molecule has 60 heavy (non-hydrogen) atoms. The number of aliphatic hydroxyl groups excluding tert-OH is 2. The minimum atomic E-state index is -3.03. The van der Waals surface area contributed by atoms with Crippen molar-refractivity contribution < 1.29 is 38.9 Å². The van der Waals surface area contributed by atoms with Crippen LogP contribution in [-0.4, -0.2) is 91.0 Å². The van der Waals surface area contributed by atoms with E-state index in [9.17, 15) is 24.6 Å². The van der Waals surface area contributed by atoms with Crippen LogP contribution >= 0.6 is 0 Å². The molecule has 1 saturated heterocycles. The minimum Gasteiger partial charge on any atom is -0.494 e. The molecule has 0 bridgehead atoms. The van der Waals surface area contributed by atoms with Crippen molar-refractivity contribution in [2.75, 3.05) is 42.7 Å². The van der Waals surface area contributed by atoms with E-state index in [0.717, 1.165) is 34.5 Å². The van der Waals surface area contributed by atoms with E-state index in [4.69, 9.17) is 9.47 Å². The van der Waals surface area contributed by atoms with Gasteiger partial charge in [-0.25, -0.2) is 0 Å². The molecule has 4 aromatic rings. The summed E-state index contributed by atoms with van der Waals surface area (Å²) in [5.74, 6) is -0.222. The van der Waals surface area contributed by atoms with Crippen molar-refractivity contribution in [1.29, 1.82) is 0 Å². The lowest BCUT2D eigenvalue weighted by Crippen LogP contribution is -2.49. The molecule has 3 aliphatic rings. The lowest BCUT2D eigenvalue weighted by molar-refractivity contribution is -0.150. The molecule has 1 spiro atoms. The average molecular weight is 835 g/mol.